The Labute approximate surface area is 117 Å². The first-order valence-electron chi connectivity index (χ1n) is 7.05. The summed E-state index contributed by atoms with van der Waals surface area (Å²) in [5.41, 5.74) is 0. The number of amides is 2. The number of rotatable bonds is 2. The van der Waals surface area contributed by atoms with Gasteiger partial charge in [-0.25, -0.2) is 4.98 Å². The average molecular weight is 277 g/mol. The standard InChI is InChI=1S/C14H19N3O3/c1-8-7-15-12(20-8)9(2)17-10(3)13(18)16-6-4-5-11(16)14(17)19/h7,9-11H,4-6H2,1-3H3. The van der Waals surface area contributed by atoms with Crippen LogP contribution >= 0.6 is 0 Å². The monoisotopic (exact) mass is 277 g/mol. The second-order valence-electron chi connectivity index (χ2n) is 5.60. The summed E-state index contributed by atoms with van der Waals surface area (Å²) in [5.74, 6) is 1.24. The fourth-order valence-corrected chi connectivity index (χ4v) is 3.22. The third-order valence-electron chi connectivity index (χ3n) is 4.26. The molecule has 2 saturated heterocycles. The molecule has 0 saturated carbocycles. The van der Waals surface area contributed by atoms with Crippen LogP contribution in [0.25, 0.3) is 0 Å². The van der Waals surface area contributed by atoms with Gasteiger partial charge in [0.05, 0.1) is 6.20 Å². The molecule has 6 heteroatoms. The van der Waals surface area contributed by atoms with E-state index in [0.29, 0.717) is 18.2 Å². The molecule has 2 aliphatic rings. The number of hydrogen-bond acceptors (Lipinski definition) is 4. The lowest BCUT2D eigenvalue weighted by Gasteiger charge is -2.42. The summed E-state index contributed by atoms with van der Waals surface area (Å²) in [5, 5.41) is 0. The van der Waals surface area contributed by atoms with Crippen LogP contribution in [0.15, 0.2) is 10.6 Å². The van der Waals surface area contributed by atoms with E-state index in [0.717, 1.165) is 12.8 Å². The van der Waals surface area contributed by atoms with Crippen LogP contribution in [0.3, 0.4) is 0 Å². The third kappa shape index (κ3) is 1.82. The molecule has 2 aliphatic heterocycles. The van der Waals surface area contributed by atoms with Crippen molar-refractivity contribution in [3.8, 4) is 0 Å². The summed E-state index contributed by atoms with van der Waals surface area (Å²) in [6.45, 7) is 6.15. The predicted molar refractivity (Wildman–Crippen MR) is 70.7 cm³/mol. The number of nitrogens with zero attached hydrogens (tertiary/aromatic N) is 3. The number of carbonyl (C=O) groups is 2. The van der Waals surface area contributed by atoms with Gasteiger partial charge >= 0.3 is 0 Å². The van der Waals surface area contributed by atoms with Gasteiger partial charge < -0.3 is 14.2 Å². The van der Waals surface area contributed by atoms with Crippen LogP contribution in [-0.2, 0) is 9.59 Å². The molecule has 6 nitrogen and oxygen atoms in total. The molecule has 0 bridgehead atoms. The average Bonchev–Trinajstić information content (AvgIpc) is 3.05. The second kappa shape index (κ2) is 4.61. The first-order chi connectivity index (χ1) is 9.50. The molecule has 2 amide bonds. The summed E-state index contributed by atoms with van der Waals surface area (Å²) in [4.78, 5) is 32.6. The van der Waals surface area contributed by atoms with E-state index < -0.39 is 6.04 Å². The van der Waals surface area contributed by atoms with E-state index in [4.69, 9.17) is 4.42 Å². The Morgan fingerprint density at radius 2 is 2.15 bits per heavy atom. The molecule has 3 rings (SSSR count). The zero-order valence-corrected chi connectivity index (χ0v) is 12.0. The van der Waals surface area contributed by atoms with Crippen molar-refractivity contribution in [2.24, 2.45) is 0 Å². The Morgan fingerprint density at radius 3 is 2.80 bits per heavy atom. The van der Waals surface area contributed by atoms with Crippen LogP contribution < -0.4 is 0 Å². The molecule has 3 atom stereocenters. The quantitative estimate of drug-likeness (QED) is 0.816. The molecule has 20 heavy (non-hydrogen) atoms. The number of fused-ring (bicyclic) bond motifs is 1. The maximum atomic E-state index is 12.6. The van der Waals surface area contributed by atoms with Crippen LogP contribution in [0.4, 0.5) is 0 Å². The van der Waals surface area contributed by atoms with Gasteiger partial charge in [-0.15, -0.1) is 0 Å². The minimum absolute atomic E-state index is 0.0120. The zero-order chi connectivity index (χ0) is 14.4. The maximum absolute atomic E-state index is 12.6. The summed E-state index contributed by atoms with van der Waals surface area (Å²) in [6, 6.07) is -1.07. The van der Waals surface area contributed by atoms with Crippen molar-refractivity contribution in [3.63, 3.8) is 0 Å². The first-order valence-corrected chi connectivity index (χ1v) is 7.05. The lowest BCUT2D eigenvalue weighted by molar-refractivity contribution is -0.161. The summed E-state index contributed by atoms with van der Waals surface area (Å²) in [7, 11) is 0. The lowest BCUT2D eigenvalue weighted by atomic mass is 10.0. The fourth-order valence-electron chi connectivity index (χ4n) is 3.22. The topological polar surface area (TPSA) is 66.7 Å². The number of aromatic nitrogens is 1. The van der Waals surface area contributed by atoms with Crippen molar-refractivity contribution in [2.45, 2.75) is 51.7 Å². The van der Waals surface area contributed by atoms with E-state index in [2.05, 4.69) is 4.98 Å². The minimum Gasteiger partial charge on any atom is -0.444 e. The molecule has 1 aromatic heterocycles. The summed E-state index contributed by atoms with van der Waals surface area (Å²) >= 11 is 0. The van der Waals surface area contributed by atoms with Crippen molar-refractivity contribution in [1.29, 1.82) is 0 Å². The largest absolute Gasteiger partial charge is 0.444 e. The van der Waals surface area contributed by atoms with Crippen molar-refractivity contribution in [1.82, 2.24) is 14.8 Å². The normalized spacial score (nSPS) is 27.9. The van der Waals surface area contributed by atoms with E-state index in [-0.39, 0.29) is 23.9 Å². The van der Waals surface area contributed by atoms with E-state index in [1.807, 2.05) is 13.8 Å². The Hall–Kier alpha value is -1.85. The lowest BCUT2D eigenvalue weighted by Crippen LogP contribution is -2.62. The Morgan fingerprint density at radius 1 is 1.40 bits per heavy atom. The van der Waals surface area contributed by atoms with Gasteiger partial charge in [-0.3, -0.25) is 9.59 Å². The molecule has 108 valence electrons. The van der Waals surface area contributed by atoms with Gasteiger partial charge in [0.1, 0.15) is 23.9 Å². The van der Waals surface area contributed by atoms with Gasteiger partial charge in [0.25, 0.3) is 0 Å². The molecular weight excluding hydrogens is 258 g/mol. The molecule has 2 fully saturated rings. The van der Waals surface area contributed by atoms with Crippen molar-refractivity contribution < 1.29 is 14.0 Å². The van der Waals surface area contributed by atoms with Gasteiger partial charge in [0.15, 0.2) is 0 Å². The van der Waals surface area contributed by atoms with Crippen molar-refractivity contribution in [3.05, 3.63) is 17.8 Å². The molecule has 0 N–H and O–H groups in total. The fraction of sp³-hybridized carbons (Fsp3) is 0.643. The molecule has 0 aliphatic carbocycles. The number of carbonyl (C=O) groups excluding carboxylic acids is 2. The van der Waals surface area contributed by atoms with Crippen LogP contribution in [0, 0.1) is 6.92 Å². The second-order valence-corrected chi connectivity index (χ2v) is 5.60. The van der Waals surface area contributed by atoms with Gasteiger partial charge in [0, 0.05) is 6.54 Å². The van der Waals surface area contributed by atoms with Crippen LogP contribution in [0.5, 0.6) is 0 Å². The van der Waals surface area contributed by atoms with E-state index >= 15 is 0 Å². The highest BCUT2D eigenvalue weighted by molar-refractivity contribution is 5.97. The van der Waals surface area contributed by atoms with E-state index in [1.165, 1.54) is 0 Å². The minimum atomic E-state index is -0.459. The SMILES string of the molecule is Cc1cnc(C(C)N2C(=O)C3CCCN3C(=O)C2C)o1. The van der Waals surface area contributed by atoms with Crippen LogP contribution in [-0.4, -0.2) is 45.2 Å². The predicted octanol–water partition coefficient (Wildman–Crippen LogP) is 1.27. The van der Waals surface area contributed by atoms with Gasteiger partial charge in [-0.05, 0) is 33.6 Å². The molecule has 3 heterocycles. The highest BCUT2D eigenvalue weighted by Gasteiger charge is 2.48. The van der Waals surface area contributed by atoms with Crippen LogP contribution in [0.2, 0.25) is 0 Å². The number of aryl methyl sites for hydroxylation is 1. The Kier molecular flexibility index (Phi) is 3.03. The summed E-state index contributed by atoms with van der Waals surface area (Å²) < 4.78 is 5.51. The van der Waals surface area contributed by atoms with E-state index in [1.54, 1.807) is 22.9 Å². The third-order valence-corrected chi connectivity index (χ3v) is 4.26. The number of piperazine rings is 1. The smallest absolute Gasteiger partial charge is 0.246 e. The summed E-state index contributed by atoms with van der Waals surface area (Å²) in [6.07, 6.45) is 3.29. The molecule has 0 aromatic carbocycles. The maximum Gasteiger partial charge on any atom is 0.246 e. The highest BCUT2D eigenvalue weighted by atomic mass is 16.4. The Bertz CT molecular complexity index is 554. The molecule has 0 spiro atoms. The van der Waals surface area contributed by atoms with Crippen LogP contribution in [0.1, 0.15) is 44.4 Å². The van der Waals surface area contributed by atoms with Crippen molar-refractivity contribution >= 4 is 11.8 Å². The Balaban J connectivity index is 1.91. The highest BCUT2D eigenvalue weighted by Crippen LogP contribution is 2.32. The van der Waals surface area contributed by atoms with E-state index in [9.17, 15) is 9.59 Å². The number of hydrogen-bond donors (Lipinski definition) is 0. The molecular formula is C14H19N3O3. The molecule has 0 radical (unpaired) electrons. The van der Waals surface area contributed by atoms with Gasteiger partial charge in [-0.1, -0.05) is 0 Å². The first kappa shape index (κ1) is 13.1. The van der Waals surface area contributed by atoms with Gasteiger partial charge in [0.2, 0.25) is 17.7 Å². The molecule has 3 unspecified atom stereocenters. The zero-order valence-electron chi connectivity index (χ0n) is 12.0. The van der Waals surface area contributed by atoms with Crippen molar-refractivity contribution in [2.75, 3.05) is 6.54 Å². The molecule has 1 aromatic rings. The number of oxazole rings is 1. The van der Waals surface area contributed by atoms with Gasteiger partial charge in [-0.2, -0.15) is 0 Å².